The maximum Gasteiger partial charge on any atom is 0.407 e. The fourth-order valence-corrected chi connectivity index (χ4v) is 5.30. The number of likely N-dealkylation sites (tertiary alicyclic amines) is 1. The zero-order chi connectivity index (χ0) is 25.3. The number of carbonyl (C=O) groups excluding carboxylic acids is 2. The monoisotopic (exact) mass is 478 g/mol. The number of fused-ring (bicyclic) bond motifs is 3. The van der Waals surface area contributed by atoms with Crippen molar-refractivity contribution < 1.29 is 24.2 Å². The summed E-state index contributed by atoms with van der Waals surface area (Å²) in [5, 5.41) is 12.2. The second-order valence-corrected chi connectivity index (χ2v) is 10.8. The van der Waals surface area contributed by atoms with Crippen LogP contribution in [0, 0.1) is 17.3 Å². The topological polar surface area (TPSA) is 95.9 Å². The summed E-state index contributed by atoms with van der Waals surface area (Å²) in [5.41, 5.74) is 4.01. The van der Waals surface area contributed by atoms with Crippen LogP contribution >= 0.6 is 0 Å². The quantitative estimate of drug-likeness (QED) is 0.659. The maximum atomic E-state index is 13.4. The van der Waals surface area contributed by atoms with E-state index in [1.54, 1.807) is 4.90 Å². The molecular weight excluding hydrogens is 444 g/mol. The van der Waals surface area contributed by atoms with E-state index in [0.29, 0.717) is 19.5 Å². The van der Waals surface area contributed by atoms with Gasteiger partial charge in [-0.1, -0.05) is 76.2 Å². The van der Waals surface area contributed by atoms with E-state index in [2.05, 4.69) is 29.6 Å². The number of alkyl carbamates (subject to hydrolysis) is 1. The maximum absolute atomic E-state index is 13.4. The van der Waals surface area contributed by atoms with Gasteiger partial charge in [0.15, 0.2) is 0 Å². The fraction of sp³-hybridized carbons (Fsp3) is 0.464. The van der Waals surface area contributed by atoms with Crippen molar-refractivity contribution in [3.05, 3.63) is 59.7 Å². The summed E-state index contributed by atoms with van der Waals surface area (Å²) in [6.45, 7) is 8.43. The molecule has 0 bridgehead atoms. The van der Waals surface area contributed by atoms with E-state index in [4.69, 9.17) is 4.74 Å². The summed E-state index contributed by atoms with van der Waals surface area (Å²) < 4.78 is 5.67. The number of rotatable bonds is 5. The lowest BCUT2D eigenvalue weighted by Crippen LogP contribution is -2.57. The Bertz CT molecular complexity index is 1080. The van der Waals surface area contributed by atoms with Crippen molar-refractivity contribution in [2.45, 2.75) is 46.1 Å². The molecule has 0 spiro atoms. The Labute approximate surface area is 206 Å². The minimum absolute atomic E-state index is 0.0622. The molecule has 1 saturated heterocycles. The molecule has 7 nitrogen and oxygen atoms in total. The average Bonchev–Trinajstić information content (AvgIpc) is 3.13. The molecule has 35 heavy (non-hydrogen) atoms. The van der Waals surface area contributed by atoms with Gasteiger partial charge in [0.1, 0.15) is 12.6 Å². The summed E-state index contributed by atoms with van der Waals surface area (Å²) in [6.07, 6.45) is -0.224. The van der Waals surface area contributed by atoms with Gasteiger partial charge in [-0.25, -0.2) is 4.79 Å². The van der Waals surface area contributed by atoms with Gasteiger partial charge in [-0.3, -0.25) is 9.59 Å². The van der Waals surface area contributed by atoms with E-state index < -0.39 is 29.4 Å². The van der Waals surface area contributed by atoms with Gasteiger partial charge in [-0.05, 0) is 40.0 Å². The number of benzene rings is 2. The smallest absolute Gasteiger partial charge is 0.407 e. The van der Waals surface area contributed by atoms with Gasteiger partial charge in [0.2, 0.25) is 5.91 Å². The van der Waals surface area contributed by atoms with Crippen molar-refractivity contribution in [2.24, 2.45) is 17.3 Å². The molecule has 0 saturated carbocycles. The lowest BCUT2D eigenvalue weighted by Gasteiger charge is -2.39. The molecule has 7 heteroatoms. The first kappa shape index (κ1) is 24.8. The van der Waals surface area contributed by atoms with Crippen molar-refractivity contribution in [3.8, 4) is 11.1 Å². The van der Waals surface area contributed by atoms with E-state index in [1.807, 2.05) is 52.0 Å². The molecule has 186 valence electrons. The number of amides is 2. The van der Waals surface area contributed by atoms with E-state index >= 15 is 0 Å². The molecule has 3 atom stereocenters. The van der Waals surface area contributed by atoms with Gasteiger partial charge in [-0.15, -0.1) is 0 Å². The highest BCUT2D eigenvalue weighted by Gasteiger charge is 2.40. The molecule has 1 aliphatic heterocycles. The lowest BCUT2D eigenvalue weighted by atomic mass is 9.83. The van der Waals surface area contributed by atoms with Crippen LogP contribution in [0.15, 0.2) is 48.5 Å². The van der Waals surface area contributed by atoms with Crippen LogP contribution in [0.4, 0.5) is 4.79 Å². The van der Waals surface area contributed by atoms with E-state index in [0.717, 1.165) is 22.3 Å². The minimum Gasteiger partial charge on any atom is -0.481 e. The average molecular weight is 479 g/mol. The predicted octanol–water partition coefficient (Wildman–Crippen LogP) is 4.51. The minimum atomic E-state index is -0.825. The third-order valence-electron chi connectivity index (χ3n) is 7.25. The first-order valence-electron chi connectivity index (χ1n) is 12.2. The van der Waals surface area contributed by atoms with E-state index in [9.17, 15) is 19.5 Å². The van der Waals surface area contributed by atoms with Crippen molar-refractivity contribution in [2.75, 3.05) is 19.7 Å². The summed E-state index contributed by atoms with van der Waals surface area (Å²) in [6, 6.07) is 15.5. The van der Waals surface area contributed by atoms with Gasteiger partial charge in [0.05, 0.1) is 5.92 Å². The number of hydrogen-bond donors (Lipinski definition) is 2. The molecule has 2 aromatic carbocycles. The van der Waals surface area contributed by atoms with Crippen molar-refractivity contribution in [1.29, 1.82) is 0 Å². The molecule has 1 aliphatic carbocycles. The molecule has 1 fully saturated rings. The van der Waals surface area contributed by atoms with Gasteiger partial charge in [-0.2, -0.15) is 0 Å². The highest BCUT2D eigenvalue weighted by molar-refractivity contribution is 5.87. The van der Waals surface area contributed by atoms with Crippen LogP contribution < -0.4 is 5.32 Å². The van der Waals surface area contributed by atoms with Crippen LogP contribution in [0.2, 0.25) is 0 Å². The van der Waals surface area contributed by atoms with Crippen molar-refractivity contribution in [3.63, 3.8) is 0 Å². The van der Waals surface area contributed by atoms with E-state index in [-0.39, 0.29) is 24.3 Å². The van der Waals surface area contributed by atoms with Gasteiger partial charge >= 0.3 is 12.1 Å². The Morgan fingerprint density at radius 3 is 2.14 bits per heavy atom. The second kappa shape index (κ2) is 9.72. The number of nitrogens with zero attached hydrogens (tertiary/aromatic N) is 1. The number of aliphatic carboxylic acids is 1. The summed E-state index contributed by atoms with van der Waals surface area (Å²) in [7, 11) is 0. The van der Waals surface area contributed by atoms with Crippen molar-refractivity contribution in [1.82, 2.24) is 10.2 Å². The third-order valence-corrected chi connectivity index (χ3v) is 7.25. The zero-order valence-corrected chi connectivity index (χ0v) is 20.8. The van der Waals surface area contributed by atoms with Gasteiger partial charge in [0, 0.05) is 19.0 Å². The predicted molar refractivity (Wildman–Crippen MR) is 133 cm³/mol. The molecule has 4 rings (SSSR count). The van der Waals surface area contributed by atoms with Crippen LogP contribution in [-0.4, -0.2) is 53.7 Å². The molecule has 0 aromatic heterocycles. The summed E-state index contributed by atoms with van der Waals surface area (Å²) in [5.74, 6) is -1.70. The SMILES string of the molecule is CC1CN(C(=O)[C@H](NC(=O)OCC2c3ccccc3-c3ccccc32)C(C)(C)C)CCC1C(=O)O. The Morgan fingerprint density at radius 1 is 1.06 bits per heavy atom. The third kappa shape index (κ3) is 5.04. The molecule has 2 aromatic rings. The normalized spacial score (nSPS) is 20.5. The molecule has 2 unspecified atom stereocenters. The molecule has 2 amide bonds. The number of carbonyl (C=O) groups is 3. The highest BCUT2D eigenvalue weighted by atomic mass is 16.5. The summed E-state index contributed by atoms with van der Waals surface area (Å²) in [4.78, 5) is 39.4. The van der Waals surface area contributed by atoms with Crippen LogP contribution in [0.25, 0.3) is 11.1 Å². The van der Waals surface area contributed by atoms with Gasteiger partial charge in [0.25, 0.3) is 0 Å². The number of piperidine rings is 1. The van der Waals surface area contributed by atoms with Crippen LogP contribution in [0.3, 0.4) is 0 Å². The molecule has 2 aliphatic rings. The first-order valence-corrected chi connectivity index (χ1v) is 12.2. The van der Waals surface area contributed by atoms with E-state index in [1.165, 1.54) is 0 Å². The standard InChI is InChI=1S/C28H34N2O5/c1-17-15-30(14-13-18(17)26(32)33)25(31)24(28(2,3)4)29-27(34)35-16-23-21-11-7-5-9-19(21)20-10-6-8-12-22(20)23/h5-12,17-18,23-24H,13-16H2,1-4H3,(H,29,34)(H,32,33)/t17?,18?,24-/m0/s1. The number of ether oxygens (including phenoxy) is 1. The number of nitrogens with one attached hydrogen (secondary N) is 1. The number of carboxylic acids is 1. The largest absolute Gasteiger partial charge is 0.481 e. The fourth-order valence-electron chi connectivity index (χ4n) is 5.30. The number of hydrogen-bond acceptors (Lipinski definition) is 4. The molecular formula is C28H34N2O5. The zero-order valence-electron chi connectivity index (χ0n) is 20.8. The Hall–Kier alpha value is -3.35. The number of carboxylic acid groups (broad SMARTS) is 1. The Kier molecular flexibility index (Phi) is 6.88. The molecule has 0 radical (unpaired) electrons. The first-order chi connectivity index (χ1) is 16.6. The molecule has 1 heterocycles. The second-order valence-electron chi connectivity index (χ2n) is 10.8. The van der Waals surface area contributed by atoms with Crippen molar-refractivity contribution >= 4 is 18.0 Å². The lowest BCUT2D eigenvalue weighted by molar-refractivity contribution is -0.149. The van der Waals surface area contributed by atoms with Crippen LogP contribution in [0.1, 0.15) is 51.2 Å². The highest BCUT2D eigenvalue weighted by Crippen LogP contribution is 2.44. The van der Waals surface area contributed by atoms with Crippen LogP contribution in [0.5, 0.6) is 0 Å². The Balaban J connectivity index is 1.43. The summed E-state index contributed by atoms with van der Waals surface area (Å²) >= 11 is 0. The molecule has 2 N–H and O–H groups in total. The van der Waals surface area contributed by atoms with Crippen LogP contribution in [-0.2, 0) is 14.3 Å². The Morgan fingerprint density at radius 2 is 1.63 bits per heavy atom. The van der Waals surface area contributed by atoms with Gasteiger partial charge < -0.3 is 20.1 Å².